The minimum Gasteiger partial charge on any atom is -0.0982 e. The molecule has 0 heteroatoms. The molecule has 0 aliphatic rings. The zero-order valence-corrected chi connectivity index (χ0v) is 10.9. The Morgan fingerprint density at radius 2 is 1.47 bits per heavy atom. The first-order chi connectivity index (χ1) is 7.18. The van der Waals surface area contributed by atoms with E-state index in [4.69, 9.17) is 0 Å². The highest BCUT2D eigenvalue weighted by Gasteiger charge is 1.88. The number of hydrogen-bond acceptors (Lipinski definition) is 0. The van der Waals surface area contributed by atoms with Gasteiger partial charge in [-0.2, -0.15) is 0 Å². The van der Waals surface area contributed by atoms with Gasteiger partial charge in [0.2, 0.25) is 0 Å². The van der Waals surface area contributed by atoms with E-state index in [1.165, 1.54) is 49.7 Å². The molecule has 0 unspecified atom stereocenters. The van der Waals surface area contributed by atoms with E-state index in [0.29, 0.717) is 0 Å². The summed E-state index contributed by atoms with van der Waals surface area (Å²) in [6.07, 6.45) is 9.20. The van der Waals surface area contributed by atoms with E-state index in [1.807, 2.05) is 0 Å². The second-order valence-corrected chi connectivity index (χ2v) is 4.44. The fourth-order valence-corrected chi connectivity index (χ4v) is 1.31. The second kappa shape index (κ2) is 9.84. The zero-order chi connectivity index (χ0) is 11.5. The van der Waals surface area contributed by atoms with Crippen molar-refractivity contribution in [2.24, 2.45) is 0 Å². The normalized spacial score (nSPS) is 9.33. The lowest BCUT2D eigenvalue weighted by Crippen LogP contribution is -1.78. The van der Waals surface area contributed by atoms with Gasteiger partial charge in [-0.15, -0.1) is 0 Å². The Morgan fingerprint density at radius 3 is 2.07 bits per heavy atom. The molecule has 0 N–H and O–H groups in total. The summed E-state index contributed by atoms with van der Waals surface area (Å²) >= 11 is 0. The third-order valence-electron chi connectivity index (χ3n) is 2.68. The molecule has 0 spiro atoms. The molecule has 0 atom stereocenters. The summed E-state index contributed by atoms with van der Waals surface area (Å²) in [6, 6.07) is 0. The van der Waals surface area contributed by atoms with E-state index < -0.39 is 0 Å². The van der Waals surface area contributed by atoms with Crippen molar-refractivity contribution in [3.63, 3.8) is 0 Å². The van der Waals surface area contributed by atoms with Crippen molar-refractivity contribution in [1.82, 2.24) is 0 Å². The van der Waals surface area contributed by atoms with Crippen molar-refractivity contribution >= 4 is 0 Å². The van der Waals surface area contributed by atoms with Gasteiger partial charge in [-0.1, -0.05) is 56.4 Å². The Kier molecular flexibility index (Phi) is 9.38. The SMILES string of the molecule is CCCCCCCCC#CC(C)=C(C)C. The van der Waals surface area contributed by atoms with Gasteiger partial charge in [-0.3, -0.25) is 0 Å². The fourth-order valence-electron chi connectivity index (χ4n) is 1.31. The molecule has 0 bridgehead atoms. The van der Waals surface area contributed by atoms with E-state index >= 15 is 0 Å². The minimum absolute atomic E-state index is 1.07. The Labute approximate surface area is 96.2 Å². The van der Waals surface area contributed by atoms with E-state index in [-0.39, 0.29) is 0 Å². The molecule has 0 rings (SSSR count). The Balaban J connectivity index is 3.42. The van der Waals surface area contributed by atoms with Crippen LogP contribution in [0.15, 0.2) is 11.1 Å². The van der Waals surface area contributed by atoms with Crippen molar-refractivity contribution in [2.75, 3.05) is 0 Å². The first-order valence-corrected chi connectivity index (χ1v) is 6.31. The van der Waals surface area contributed by atoms with Crippen LogP contribution >= 0.6 is 0 Å². The van der Waals surface area contributed by atoms with Crippen LogP contribution in [0.1, 0.15) is 72.6 Å². The Hall–Kier alpha value is -0.700. The molecule has 0 aromatic rings. The molecule has 0 heterocycles. The van der Waals surface area contributed by atoms with Gasteiger partial charge < -0.3 is 0 Å². The molecule has 15 heavy (non-hydrogen) atoms. The molecular weight excluding hydrogens is 180 g/mol. The summed E-state index contributed by atoms with van der Waals surface area (Å²) in [4.78, 5) is 0. The van der Waals surface area contributed by atoms with Crippen molar-refractivity contribution in [2.45, 2.75) is 72.6 Å². The average Bonchev–Trinajstić information content (AvgIpc) is 2.21. The van der Waals surface area contributed by atoms with Crippen molar-refractivity contribution in [3.8, 4) is 11.8 Å². The summed E-state index contributed by atoms with van der Waals surface area (Å²) in [7, 11) is 0. The maximum atomic E-state index is 3.25. The van der Waals surface area contributed by atoms with Gasteiger partial charge in [-0.05, 0) is 32.8 Å². The highest BCUT2D eigenvalue weighted by atomic mass is 13.9. The molecule has 0 amide bonds. The van der Waals surface area contributed by atoms with Crippen LogP contribution in [0.3, 0.4) is 0 Å². The summed E-state index contributed by atoms with van der Waals surface area (Å²) < 4.78 is 0. The van der Waals surface area contributed by atoms with Crippen molar-refractivity contribution < 1.29 is 0 Å². The van der Waals surface area contributed by atoms with Gasteiger partial charge in [0.15, 0.2) is 0 Å². The van der Waals surface area contributed by atoms with Crippen LogP contribution in [0.2, 0.25) is 0 Å². The molecule has 0 saturated heterocycles. The van der Waals surface area contributed by atoms with Gasteiger partial charge in [0, 0.05) is 6.42 Å². The third-order valence-corrected chi connectivity index (χ3v) is 2.68. The molecular formula is C15H26. The lowest BCUT2D eigenvalue weighted by molar-refractivity contribution is 0.614. The van der Waals surface area contributed by atoms with Gasteiger partial charge in [0.25, 0.3) is 0 Å². The predicted molar refractivity (Wildman–Crippen MR) is 69.8 cm³/mol. The van der Waals surface area contributed by atoms with Crippen LogP contribution in [-0.2, 0) is 0 Å². The summed E-state index contributed by atoms with van der Waals surface area (Å²) in [5.41, 5.74) is 2.58. The average molecular weight is 206 g/mol. The molecule has 0 radical (unpaired) electrons. The summed E-state index contributed by atoms with van der Waals surface area (Å²) in [5.74, 6) is 6.46. The van der Waals surface area contributed by atoms with Gasteiger partial charge in [0.05, 0.1) is 0 Å². The lowest BCUT2D eigenvalue weighted by Gasteiger charge is -1.96. The van der Waals surface area contributed by atoms with Gasteiger partial charge >= 0.3 is 0 Å². The van der Waals surface area contributed by atoms with Gasteiger partial charge in [-0.25, -0.2) is 0 Å². The zero-order valence-electron chi connectivity index (χ0n) is 10.9. The van der Waals surface area contributed by atoms with Crippen LogP contribution in [0.4, 0.5) is 0 Å². The van der Waals surface area contributed by atoms with E-state index in [0.717, 1.165) is 6.42 Å². The second-order valence-electron chi connectivity index (χ2n) is 4.44. The number of allylic oxidation sites excluding steroid dienone is 2. The maximum Gasteiger partial charge on any atom is 0.00923 e. The van der Waals surface area contributed by atoms with E-state index in [2.05, 4.69) is 39.5 Å². The highest BCUT2D eigenvalue weighted by molar-refractivity contribution is 5.29. The van der Waals surface area contributed by atoms with Crippen LogP contribution < -0.4 is 0 Å². The monoisotopic (exact) mass is 206 g/mol. The molecule has 0 aromatic carbocycles. The third kappa shape index (κ3) is 9.60. The van der Waals surface area contributed by atoms with Crippen molar-refractivity contribution in [1.29, 1.82) is 0 Å². The van der Waals surface area contributed by atoms with Crippen LogP contribution in [0.5, 0.6) is 0 Å². The summed E-state index contributed by atoms with van der Waals surface area (Å²) in [6.45, 7) is 8.60. The number of hydrogen-bond donors (Lipinski definition) is 0. The number of rotatable bonds is 6. The molecule has 0 nitrogen and oxygen atoms in total. The Morgan fingerprint density at radius 1 is 0.867 bits per heavy atom. The van der Waals surface area contributed by atoms with Crippen LogP contribution in [-0.4, -0.2) is 0 Å². The van der Waals surface area contributed by atoms with E-state index in [1.54, 1.807) is 0 Å². The highest BCUT2D eigenvalue weighted by Crippen LogP contribution is 2.06. The smallest absolute Gasteiger partial charge is 0.00923 e. The molecule has 0 aromatic heterocycles. The maximum absolute atomic E-state index is 3.25. The quantitative estimate of drug-likeness (QED) is 0.419. The number of unbranched alkanes of at least 4 members (excludes halogenated alkanes) is 6. The molecule has 86 valence electrons. The van der Waals surface area contributed by atoms with Crippen molar-refractivity contribution in [3.05, 3.63) is 11.1 Å². The molecule has 0 fully saturated rings. The molecule has 0 aliphatic heterocycles. The molecule has 0 saturated carbocycles. The first kappa shape index (κ1) is 14.3. The van der Waals surface area contributed by atoms with Gasteiger partial charge in [0.1, 0.15) is 0 Å². The fraction of sp³-hybridized carbons (Fsp3) is 0.733. The van der Waals surface area contributed by atoms with Crippen LogP contribution in [0, 0.1) is 11.8 Å². The minimum atomic E-state index is 1.07. The first-order valence-electron chi connectivity index (χ1n) is 6.31. The largest absolute Gasteiger partial charge is 0.0982 e. The Bertz CT molecular complexity index is 230. The predicted octanol–water partition coefficient (Wildman–Crippen LogP) is 5.10. The van der Waals surface area contributed by atoms with E-state index in [9.17, 15) is 0 Å². The standard InChI is InChI=1S/C15H26/c1-5-6-7-8-9-10-11-12-13-15(4)14(2)3/h5-11H2,1-4H3. The molecule has 0 aliphatic carbocycles. The lowest BCUT2D eigenvalue weighted by atomic mass is 10.1. The topological polar surface area (TPSA) is 0 Å². The summed E-state index contributed by atoms with van der Waals surface area (Å²) in [5, 5.41) is 0. The van der Waals surface area contributed by atoms with Crippen LogP contribution in [0.25, 0.3) is 0 Å².